The van der Waals surface area contributed by atoms with Gasteiger partial charge in [-0.1, -0.05) is 12.2 Å². The highest BCUT2D eigenvalue weighted by Gasteiger charge is 2.32. The van der Waals surface area contributed by atoms with Crippen molar-refractivity contribution in [3.05, 3.63) is 12.2 Å². The van der Waals surface area contributed by atoms with Crippen LogP contribution in [0.2, 0.25) is 0 Å². The molecule has 0 spiro atoms. The molecule has 0 bridgehead atoms. The Balaban J connectivity index is 1.97. The van der Waals surface area contributed by atoms with Crippen LogP contribution in [0.15, 0.2) is 12.2 Å². The van der Waals surface area contributed by atoms with E-state index in [1.165, 1.54) is 6.42 Å². The van der Waals surface area contributed by atoms with Gasteiger partial charge < -0.3 is 9.47 Å². The van der Waals surface area contributed by atoms with Crippen LogP contribution < -0.4 is 5.32 Å². The molecule has 19 heavy (non-hydrogen) atoms. The molecule has 0 unspecified atom stereocenters. The van der Waals surface area contributed by atoms with Gasteiger partial charge in [0.05, 0.1) is 6.61 Å². The van der Waals surface area contributed by atoms with Crippen molar-refractivity contribution in [1.82, 2.24) is 5.32 Å². The Morgan fingerprint density at radius 3 is 2.84 bits per heavy atom. The quantitative estimate of drug-likeness (QED) is 0.612. The monoisotopic (exact) mass is 267 g/mol. The Hall–Kier alpha value is -0.870. The summed E-state index contributed by atoms with van der Waals surface area (Å²) in [5.41, 5.74) is 0. The number of carbonyl (C=O) groups excluding carboxylic acids is 1. The number of carbonyl (C=O) groups is 1. The minimum atomic E-state index is -0.184. The average molecular weight is 267 g/mol. The number of hydrogen-bond donors (Lipinski definition) is 1. The largest absolute Gasteiger partial charge is 0.465 e. The van der Waals surface area contributed by atoms with Crippen molar-refractivity contribution >= 4 is 5.97 Å². The van der Waals surface area contributed by atoms with E-state index < -0.39 is 0 Å². The van der Waals surface area contributed by atoms with Crippen LogP contribution in [0.1, 0.15) is 39.0 Å². The predicted molar refractivity (Wildman–Crippen MR) is 73.9 cm³/mol. The maximum atomic E-state index is 12.2. The third-order valence-electron chi connectivity index (χ3n) is 3.93. The normalized spacial score (nSPS) is 26.1. The van der Waals surface area contributed by atoms with Crippen LogP contribution in [0.25, 0.3) is 0 Å². The lowest BCUT2D eigenvalue weighted by molar-refractivity contribution is -0.148. The lowest BCUT2D eigenvalue weighted by Gasteiger charge is -2.32. The summed E-state index contributed by atoms with van der Waals surface area (Å²) >= 11 is 0. The lowest BCUT2D eigenvalue weighted by Crippen LogP contribution is -2.49. The summed E-state index contributed by atoms with van der Waals surface area (Å²) in [6.45, 7) is 3.81. The minimum Gasteiger partial charge on any atom is -0.465 e. The fraction of sp³-hybridized carbons (Fsp3) is 0.800. The first-order chi connectivity index (χ1) is 9.31. The SMILES string of the molecule is CCOC(=O)[C@@H](N[C@H]1C=CCCC1)C1CCOCC1. The Morgan fingerprint density at radius 1 is 1.42 bits per heavy atom. The average Bonchev–Trinajstić information content (AvgIpc) is 2.47. The first-order valence-electron chi connectivity index (χ1n) is 7.48. The molecule has 1 heterocycles. The molecule has 0 aromatic rings. The number of allylic oxidation sites excluding steroid dienone is 1. The summed E-state index contributed by atoms with van der Waals surface area (Å²) in [4.78, 5) is 12.2. The maximum absolute atomic E-state index is 12.2. The van der Waals surface area contributed by atoms with Gasteiger partial charge in [0.25, 0.3) is 0 Å². The Labute approximate surface area is 115 Å². The molecule has 1 N–H and O–H groups in total. The number of hydrogen-bond acceptors (Lipinski definition) is 4. The van der Waals surface area contributed by atoms with Crippen molar-refractivity contribution in [1.29, 1.82) is 0 Å². The molecule has 0 aromatic carbocycles. The molecule has 0 amide bonds. The Bertz CT molecular complexity index is 311. The van der Waals surface area contributed by atoms with Crippen LogP contribution in [0.3, 0.4) is 0 Å². The summed E-state index contributed by atoms with van der Waals surface area (Å²) in [5, 5.41) is 3.49. The minimum absolute atomic E-state index is 0.103. The van der Waals surface area contributed by atoms with Crippen LogP contribution in [0, 0.1) is 5.92 Å². The molecular formula is C15H25NO3. The fourth-order valence-electron chi connectivity index (χ4n) is 2.86. The van der Waals surface area contributed by atoms with Crippen molar-refractivity contribution < 1.29 is 14.3 Å². The van der Waals surface area contributed by atoms with Gasteiger partial charge in [0.15, 0.2) is 0 Å². The third kappa shape index (κ3) is 4.32. The second-order valence-corrected chi connectivity index (χ2v) is 5.31. The fourth-order valence-corrected chi connectivity index (χ4v) is 2.86. The summed E-state index contributed by atoms with van der Waals surface area (Å²) in [6.07, 6.45) is 9.72. The van der Waals surface area contributed by atoms with Crippen LogP contribution in [0.5, 0.6) is 0 Å². The zero-order valence-electron chi connectivity index (χ0n) is 11.8. The van der Waals surface area contributed by atoms with Gasteiger partial charge >= 0.3 is 5.97 Å². The number of nitrogens with one attached hydrogen (secondary N) is 1. The van der Waals surface area contributed by atoms with E-state index in [2.05, 4.69) is 17.5 Å². The van der Waals surface area contributed by atoms with E-state index in [9.17, 15) is 4.79 Å². The number of esters is 1. The molecule has 4 heteroatoms. The van der Waals surface area contributed by atoms with Gasteiger partial charge in [0, 0.05) is 19.3 Å². The van der Waals surface area contributed by atoms with Crippen LogP contribution in [0.4, 0.5) is 0 Å². The number of rotatable bonds is 5. The predicted octanol–water partition coefficient (Wildman–Crippen LogP) is 2.04. The van der Waals surface area contributed by atoms with E-state index in [0.717, 1.165) is 38.9 Å². The molecule has 0 saturated carbocycles. The van der Waals surface area contributed by atoms with E-state index >= 15 is 0 Å². The van der Waals surface area contributed by atoms with Gasteiger partial charge in [-0.15, -0.1) is 0 Å². The first-order valence-corrected chi connectivity index (χ1v) is 7.48. The van der Waals surface area contributed by atoms with Gasteiger partial charge in [-0.2, -0.15) is 0 Å². The topological polar surface area (TPSA) is 47.6 Å². The molecule has 0 radical (unpaired) electrons. The third-order valence-corrected chi connectivity index (χ3v) is 3.93. The van der Waals surface area contributed by atoms with Crippen molar-refractivity contribution in [2.45, 2.75) is 51.1 Å². The molecule has 1 aliphatic heterocycles. The van der Waals surface area contributed by atoms with Gasteiger partial charge in [-0.25, -0.2) is 0 Å². The van der Waals surface area contributed by atoms with Gasteiger partial charge in [-0.3, -0.25) is 10.1 Å². The van der Waals surface area contributed by atoms with Gasteiger partial charge in [0.1, 0.15) is 6.04 Å². The molecule has 108 valence electrons. The highest BCUT2D eigenvalue weighted by molar-refractivity contribution is 5.76. The van der Waals surface area contributed by atoms with E-state index in [4.69, 9.17) is 9.47 Å². The van der Waals surface area contributed by atoms with Crippen LogP contribution in [-0.4, -0.2) is 37.9 Å². The zero-order valence-corrected chi connectivity index (χ0v) is 11.8. The van der Waals surface area contributed by atoms with Crippen molar-refractivity contribution in [2.75, 3.05) is 19.8 Å². The van der Waals surface area contributed by atoms with E-state index in [1.807, 2.05) is 6.92 Å². The highest BCUT2D eigenvalue weighted by atomic mass is 16.5. The maximum Gasteiger partial charge on any atom is 0.323 e. The van der Waals surface area contributed by atoms with Gasteiger partial charge in [-0.05, 0) is 44.9 Å². The Kier molecular flexibility index (Phi) is 5.86. The molecule has 1 fully saturated rings. The molecule has 2 aliphatic rings. The van der Waals surface area contributed by atoms with Crippen LogP contribution in [-0.2, 0) is 14.3 Å². The van der Waals surface area contributed by atoms with Crippen LogP contribution >= 0.6 is 0 Å². The van der Waals surface area contributed by atoms with Crippen molar-refractivity contribution in [3.8, 4) is 0 Å². The molecule has 0 aromatic heterocycles. The summed E-state index contributed by atoms with van der Waals surface area (Å²) in [5.74, 6) is 0.233. The summed E-state index contributed by atoms with van der Waals surface area (Å²) < 4.78 is 10.6. The zero-order chi connectivity index (χ0) is 13.5. The van der Waals surface area contributed by atoms with Gasteiger partial charge in [0.2, 0.25) is 0 Å². The Morgan fingerprint density at radius 2 is 2.21 bits per heavy atom. The van der Waals surface area contributed by atoms with Crippen molar-refractivity contribution in [2.24, 2.45) is 5.92 Å². The standard InChI is InChI=1S/C15H25NO3/c1-2-19-15(17)14(12-8-10-18-11-9-12)16-13-6-4-3-5-7-13/h4,6,12-14,16H,2-3,5,7-11H2,1H3/t13-,14-/m0/s1. The second-order valence-electron chi connectivity index (χ2n) is 5.31. The molecule has 2 rings (SSSR count). The molecule has 4 nitrogen and oxygen atoms in total. The molecule has 1 saturated heterocycles. The lowest BCUT2D eigenvalue weighted by atomic mass is 9.90. The summed E-state index contributed by atoms with van der Waals surface area (Å²) in [7, 11) is 0. The molecule has 2 atom stereocenters. The molecule has 1 aliphatic carbocycles. The van der Waals surface area contributed by atoms with E-state index in [1.54, 1.807) is 0 Å². The second kappa shape index (κ2) is 7.65. The van der Waals surface area contributed by atoms with Crippen molar-refractivity contribution in [3.63, 3.8) is 0 Å². The smallest absolute Gasteiger partial charge is 0.323 e. The highest BCUT2D eigenvalue weighted by Crippen LogP contribution is 2.22. The van der Waals surface area contributed by atoms with E-state index in [-0.39, 0.29) is 12.0 Å². The van der Waals surface area contributed by atoms with E-state index in [0.29, 0.717) is 18.6 Å². The summed E-state index contributed by atoms with van der Waals surface area (Å²) in [6, 6.07) is 0.127. The first kappa shape index (κ1) is 14.5. The molecular weight excluding hydrogens is 242 g/mol. The number of ether oxygens (including phenoxy) is 2.